The molecule has 0 unspecified atom stereocenters. The second-order valence-corrected chi connectivity index (χ2v) is 11.1. The Bertz CT molecular complexity index is 2540. The van der Waals surface area contributed by atoms with Crippen LogP contribution < -0.4 is 0 Å². The molecule has 0 radical (unpaired) electrons. The Morgan fingerprint density at radius 3 is 1.84 bits per heavy atom. The number of furan rings is 1. The van der Waals surface area contributed by atoms with E-state index < -0.39 is 0 Å². The molecule has 0 saturated heterocycles. The van der Waals surface area contributed by atoms with Gasteiger partial charge in [0.1, 0.15) is 5.58 Å². The third-order valence-corrected chi connectivity index (χ3v) is 8.36. The van der Waals surface area contributed by atoms with Crippen LogP contribution >= 0.6 is 0 Å². The molecule has 9 aromatic rings. The zero-order valence-electron chi connectivity index (χ0n) is 24.1. The Morgan fingerprint density at radius 1 is 0.422 bits per heavy atom. The minimum absolute atomic E-state index is 0.465. The van der Waals surface area contributed by atoms with Gasteiger partial charge in [0.05, 0.1) is 0 Å². The van der Waals surface area contributed by atoms with Gasteiger partial charge in [-0.05, 0) is 56.9 Å². The molecule has 210 valence electrons. The molecule has 0 saturated carbocycles. The predicted molar refractivity (Wildman–Crippen MR) is 182 cm³/mol. The number of aromatic nitrogens is 4. The Kier molecular flexibility index (Phi) is 5.74. The fourth-order valence-corrected chi connectivity index (χ4v) is 6.15. The minimum atomic E-state index is 0.465. The maximum absolute atomic E-state index is 6.48. The molecule has 0 fully saturated rings. The SMILES string of the molecule is c1ccc(-c2ccc3cc(-c4nc(-c5ccccc5)nc(-c5nccc6c5oc5ccc7ccccc7c56)n4)ccc3c2)cc1. The van der Waals surface area contributed by atoms with Crippen molar-refractivity contribution in [3.8, 4) is 45.4 Å². The summed E-state index contributed by atoms with van der Waals surface area (Å²) in [5, 5.41) is 6.60. The van der Waals surface area contributed by atoms with Crippen molar-refractivity contribution in [3.63, 3.8) is 0 Å². The number of hydrogen-bond donors (Lipinski definition) is 0. The van der Waals surface area contributed by atoms with Crippen molar-refractivity contribution in [3.05, 3.63) is 146 Å². The number of fused-ring (bicyclic) bond motifs is 6. The molecule has 3 heterocycles. The van der Waals surface area contributed by atoms with Crippen LogP contribution in [0.1, 0.15) is 0 Å². The lowest BCUT2D eigenvalue weighted by Crippen LogP contribution is -2.01. The van der Waals surface area contributed by atoms with Crippen LogP contribution in [-0.4, -0.2) is 19.9 Å². The molecule has 0 aliphatic rings. The maximum atomic E-state index is 6.48. The molecule has 0 aliphatic carbocycles. The molecule has 0 aliphatic heterocycles. The summed E-state index contributed by atoms with van der Waals surface area (Å²) in [5.41, 5.74) is 6.23. The van der Waals surface area contributed by atoms with Crippen LogP contribution in [0.2, 0.25) is 0 Å². The van der Waals surface area contributed by atoms with Gasteiger partial charge < -0.3 is 4.42 Å². The third kappa shape index (κ3) is 4.33. The van der Waals surface area contributed by atoms with Gasteiger partial charge in [-0.15, -0.1) is 0 Å². The van der Waals surface area contributed by atoms with E-state index in [9.17, 15) is 0 Å². The molecular weight excluding hydrogens is 552 g/mol. The van der Waals surface area contributed by atoms with E-state index in [0.717, 1.165) is 49.0 Å². The van der Waals surface area contributed by atoms with E-state index >= 15 is 0 Å². The second-order valence-electron chi connectivity index (χ2n) is 11.1. The molecule has 0 N–H and O–H groups in total. The first-order chi connectivity index (χ1) is 22.3. The van der Waals surface area contributed by atoms with Gasteiger partial charge in [-0.1, -0.05) is 115 Å². The first kappa shape index (κ1) is 25.3. The highest BCUT2D eigenvalue weighted by Crippen LogP contribution is 2.38. The van der Waals surface area contributed by atoms with Crippen molar-refractivity contribution in [1.82, 2.24) is 19.9 Å². The number of hydrogen-bond acceptors (Lipinski definition) is 5. The summed E-state index contributed by atoms with van der Waals surface area (Å²) in [6.07, 6.45) is 1.81. The largest absolute Gasteiger partial charge is 0.454 e. The lowest BCUT2D eigenvalue weighted by molar-refractivity contribution is 0.668. The fourth-order valence-electron chi connectivity index (χ4n) is 6.15. The molecule has 45 heavy (non-hydrogen) atoms. The maximum Gasteiger partial charge on any atom is 0.186 e. The zero-order valence-corrected chi connectivity index (χ0v) is 24.1. The van der Waals surface area contributed by atoms with Crippen LogP contribution in [0.4, 0.5) is 0 Å². The molecular formula is C40H24N4O. The molecule has 0 amide bonds. The summed E-state index contributed by atoms with van der Waals surface area (Å²) in [4.78, 5) is 19.7. The van der Waals surface area contributed by atoms with E-state index in [4.69, 9.17) is 24.4 Å². The molecule has 5 nitrogen and oxygen atoms in total. The number of benzene rings is 6. The van der Waals surface area contributed by atoms with Crippen LogP contribution in [0, 0.1) is 0 Å². The van der Waals surface area contributed by atoms with Crippen LogP contribution in [-0.2, 0) is 0 Å². The molecule has 5 heteroatoms. The van der Waals surface area contributed by atoms with Gasteiger partial charge in [0.25, 0.3) is 0 Å². The molecule has 9 rings (SSSR count). The van der Waals surface area contributed by atoms with Crippen molar-refractivity contribution in [2.45, 2.75) is 0 Å². The first-order valence-corrected chi connectivity index (χ1v) is 14.9. The Balaban J connectivity index is 1.23. The number of pyridine rings is 1. The fraction of sp³-hybridized carbons (Fsp3) is 0. The van der Waals surface area contributed by atoms with Gasteiger partial charge in [0.15, 0.2) is 28.8 Å². The van der Waals surface area contributed by atoms with Crippen molar-refractivity contribution in [2.75, 3.05) is 0 Å². The minimum Gasteiger partial charge on any atom is -0.454 e. The lowest BCUT2D eigenvalue weighted by Gasteiger charge is -2.09. The van der Waals surface area contributed by atoms with E-state index in [-0.39, 0.29) is 0 Å². The smallest absolute Gasteiger partial charge is 0.186 e. The average Bonchev–Trinajstić information content (AvgIpc) is 3.51. The highest BCUT2D eigenvalue weighted by atomic mass is 16.3. The van der Waals surface area contributed by atoms with Crippen molar-refractivity contribution in [1.29, 1.82) is 0 Å². The molecule has 6 aromatic carbocycles. The van der Waals surface area contributed by atoms with Crippen LogP contribution in [0.25, 0.3) is 88.9 Å². The van der Waals surface area contributed by atoms with Crippen LogP contribution in [0.15, 0.2) is 150 Å². The van der Waals surface area contributed by atoms with E-state index in [1.165, 1.54) is 11.1 Å². The average molecular weight is 577 g/mol. The highest BCUT2D eigenvalue weighted by molar-refractivity contribution is 6.20. The monoisotopic (exact) mass is 576 g/mol. The van der Waals surface area contributed by atoms with Crippen molar-refractivity contribution in [2.24, 2.45) is 0 Å². The van der Waals surface area contributed by atoms with Gasteiger partial charge in [-0.3, -0.25) is 0 Å². The summed E-state index contributed by atoms with van der Waals surface area (Å²) in [7, 11) is 0. The normalized spacial score (nSPS) is 11.6. The van der Waals surface area contributed by atoms with E-state index in [2.05, 4.69) is 91.0 Å². The summed E-state index contributed by atoms with van der Waals surface area (Å²) < 4.78 is 6.48. The lowest BCUT2D eigenvalue weighted by atomic mass is 10.00. The molecule has 0 atom stereocenters. The molecule has 3 aromatic heterocycles. The topological polar surface area (TPSA) is 64.7 Å². The van der Waals surface area contributed by atoms with Crippen LogP contribution in [0.5, 0.6) is 0 Å². The van der Waals surface area contributed by atoms with E-state index in [0.29, 0.717) is 28.8 Å². The Labute approximate surface area is 258 Å². The number of rotatable bonds is 4. The molecule has 0 bridgehead atoms. The quantitative estimate of drug-likeness (QED) is 0.209. The standard InChI is InChI=1S/C40H24N4O/c1-3-9-25(10-4-1)28-15-16-30-24-31(18-17-29(30)23-28)39-42-38(27-12-5-2-6-13-27)43-40(44-39)36-37-33(21-22-41-36)35-32-14-8-7-11-26(32)19-20-34(35)45-37/h1-24H. The molecule has 0 spiro atoms. The van der Waals surface area contributed by atoms with E-state index in [1.807, 2.05) is 48.5 Å². The van der Waals surface area contributed by atoms with Gasteiger partial charge in [-0.2, -0.15) is 0 Å². The second kappa shape index (κ2) is 10.2. The van der Waals surface area contributed by atoms with Gasteiger partial charge in [0.2, 0.25) is 0 Å². The third-order valence-electron chi connectivity index (χ3n) is 8.36. The summed E-state index contributed by atoms with van der Waals surface area (Å²) in [6, 6.07) is 47.8. The Morgan fingerprint density at radius 2 is 1.04 bits per heavy atom. The van der Waals surface area contributed by atoms with Crippen LogP contribution in [0.3, 0.4) is 0 Å². The first-order valence-electron chi connectivity index (χ1n) is 14.9. The zero-order chi connectivity index (χ0) is 29.7. The highest BCUT2D eigenvalue weighted by Gasteiger charge is 2.20. The van der Waals surface area contributed by atoms with Gasteiger partial charge in [-0.25, -0.2) is 19.9 Å². The number of nitrogens with zero attached hydrogens (tertiary/aromatic N) is 4. The van der Waals surface area contributed by atoms with Crippen molar-refractivity contribution < 1.29 is 4.42 Å². The van der Waals surface area contributed by atoms with E-state index in [1.54, 1.807) is 6.20 Å². The summed E-state index contributed by atoms with van der Waals surface area (Å²) >= 11 is 0. The predicted octanol–water partition coefficient (Wildman–Crippen LogP) is 10.1. The van der Waals surface area contributed by atoms with Crippen molar-refractivity contribution >= 4 is 43.5 Å². The van der Waals surface area contributed by atoms with Gasteiger partial charge >= 0.3 is 0 Å². The Hall–Kier alpha value is -6.20. The van der Waals surface area contributed by atoms with Gasteiger partial charge in [0, 0.05) is 28.1 Å². The summed E-state index contributed by atoms with van der Waals surface area (Å²) in [6.45, 7) is 0. The summed E-state index contributed by atoms with van der Waals surface area (Å²) in [5.74, 6) is 1.62.